The molecule has 0 spiro atoms. The van der Waals surface area contributed by atoms with E-state index in [9.17, 15) is 35.1 Å². The van der Waals surface area contributed by atoms with Crippen LogP contribution in [0.2, 0.25) is 0 Å². The Morgan fingerprint density at radius 3 is 1.94 bits per heavy atom. The van der Waals surface area contributed by atoms with Crippen LogP contribution >= 0.6 is 0 Å². The zero-order chi connectivity index (χ0) is 14.0. The molecule has 8 heteroatoms. The van der Waals surface area contributed by atoms with E-state index >= 15 is 0 Å². The zero-order valence-electron chi connectivity index (χ0n) is 8.33. The van der Waals surface area contributed by atoms with E-state index in [2.05, 4.69) is 0 Å². The molecule has 0 aliphatic heterocycles. The Labute approximate surface area is 95.5 Å². The Bertz CT molecular complexity index is 475. The van der Waals surface area contributed by atoms with Gasteiger partial charge in [0.2, 0.25) is 0 Å². The van der Waals surface area contributed by atoms with Crippen molar-refractivity contribution in [1.82, 2.24) is 0 Å². The molecule has 0 amide bonds. The third-order valence-electron chi connectivity index (χ3n) is 1.99. The number of alkyl halides is 3. The largest absolute Gasteiger partial charge is 0.306 e. The summed E-state index contributed by atoms with van der Waals surface area (Å²) in [6, 6.07) is 0.0130. The summed E-state index contributed by atoms with van der Waals surface area (Å²) in [7, 11) is 0. The summed E-state index contributed by atoms with van der Waals surface area (Å²) in [6.07, 6.45) is -10.1. The molecule has 0 radical (unpaired) electrons. The van der Waals surface area contributed by atoms with Gasteiger partial charge in [-0.25, -0.2) is 26.3 Å². The predicted molar refractivity (Wildman–Crippen MR) is 46.5 cm³/mol. The van der Waals surface area contributed by atoms with Crippen LogP contribution in [0.25, 0.3) is 5.83 Å². The smallest absolute Gasteiger partial charge is 0.236 e. The summed E-state index contributed by atoms with van der Waals surface area (Å²) in [5.74, 6) is -5.81. The highest BCUT2D eigenvalue weighted by molar-refractivity contribution is 5.63. The Morgan fingerprint density at radius 1 is 0.944 bits per heavy atom. The quantitative estimate of drug-likeness (QED) is 0.697. The molecule has 0 bridgehead atoms. The van der Waals surface area contributed by atoms with E-state index in [1.807, 2.05) is 0 Å². The van der Waals surface area contributed by atoms with E-state index < -0.39 is 47.3 Å². The number of halogens is 8. The Kier molecular flexibility index (Phi) is 4.31. The maximum atomic E-state index is 13.1. The maximum Gasteiger partial charge on any atom is 0.306 e. The second kappa shape index (κ2) is 5.36. The number of benzene rings is 1. The first kappa shape index (κ1) is 14.5. The molecular formula is C10H4F8. The molecule has 0 nitrogen and oxygen atoms in total. The second-order valence-electron chi connectivity index (χ2n) is 3.16. The fraction of sp³-hybridized carbons (Fsp3) is 0.200. The Balaban J connectivity index is 3.54. The van der Waals surface area contributed by atoms with E-state index in [-0.39, 0.29) is 12.1 Å². The predicted octanol–water partition coefficient (Wildman–Crippen LogP) is 4.78. The first-order valence-electron chi connectivity index (χ1n) is 4.38. The van der Waals surface area contributed by atoms with Crippen molar-refractivity contribution in [3.8, 4) is 0 Å². The van der Waals surface area contributed by atoms with Gasteiger partial charge in [0.05, 0.1) is 0 Å². The van der Waals surface area contributed by atoms with Gasteiger partial charge < -0.3 is 0 Å². The summed E-state index contributed by atoms with van der Waals surface area (Å²) >= 11 is 0. The molecule has 0 saturated carbocycles. The van der Waals surface area contributed by atoms with E-state index in [0.29, 0.717) is 0 Å². The van der Waals surface area contributed by atoms with Crippen LogP contribution in [0.1, 0.15) is 17.3 Å². The lowest BCUT2D eigenvalue weighted by molar-refractivity contribution is 0.0473. The van der Waals surface area contributed by atoms with Crippen molar-refractivity contribution in [2.45, 2.75) is 12.6 Å². The number of hydrogen-bond acceptors (Lipinski definition) is 0. The van der Waals surface area contributed by atoms with Crippen LogP contribution in [-0.4, -0.2) is 6.43 Å². The highest BCUT2D eigenvalue weighted by atomic mass is 19.3. The Morgan fingerprint density at radius 2 is 1.50 bits per heavy atom. The van der Waals surface area contributed by atoms with Crippen molar-refractivity contribution in [2.24, 2.45) is 0 Å². The second-order valence-corrected chi connectivity index (χ2v) is 3.16. The zero-order valence-corrected chi connectivity index (χ0v) is 8.33. The lowest BCUT2D eigenvalue weighted by Gasteiger charge is -2.13. The molecule has 18 heavy (non-hydrogen) atoms. The Hall–Kier alpha value is -1.60. The van der Waals surface area contributed by atoms with Gasteiger partial charge in [0.1, 0.15) is 11.6 Å². The minimum atomic E-state index is -3.76. The van der Waals surface area contributed by atoms with Crippen LogP contribution < -0.4 is 0 Å². The summed E-state index contributed by atoms with van der Waals surface area (Å²) in [6.45, 7) is 0. The third-order valence-corrected chi connectivity index (χ3v) is 1.99. The van der Waals surface area contributed by atoms with Gasteiger partial charge in [0, 0.05) is 17.2 Å². The van der Waals surface area contributed by atoms with Crippen molar-refractivity contribution in [3.05, 3.63) is 41.0 Å². The van der Waals surface area contributed by atoms with Gasteiger partial charge in [-0.2, -0.15) is 8.78 Å². The fourth-order valence-electron chi connectivity index (χ4n) is 1.27. The lowest BCUT2D eigenvalue weighted by Crippen LogP contribution is -2.09. The number of rotatable bonds is 3. The van der Waals surface area contributed by atoms with Crippen molar-refractivity contribution in [2.75, 3.05) is 0 Å². The summed E-state index contributed by atoms with van der Waals surface area (Å²) < 4.78 is 99.8. The van der Waals surface area contributed by atoms with Gasteiger partial charge in [-0.1, -0.05) is 0 Å². The molecule has 1 aromatic carbocycles. The fourth-order valence-corrected chi connectivity index (χ4v) is 1.27. The van der Waals surface area contributed by atoms with Crippen molar-refractivity contribution < 1.29 is 35.1 Å². The number of hydrogen-bond donors (Lipinski definition) is 0. The highest BCUT2D eigenvalue weighted by Crippen LogP contribution is 2.36. The molecule has 1 unspecified atom stereocenters. The molecule has 1 rings (SSSR count). The normalized spacial score (nSPS) is 12.7. The average molecular weight is 276 g/mol. The minimum Gasteiger partial charge on any atom is -0.236 e. The standard InChI is InChI=1S/C10H4F8/c11-3-1-4(7(13)9(15)16)6(5(12)2-3)8(14)10(17)18/h1-2,8,10H. The van der Waals surface area contributed by atoms with Gasteiger partial charge in [0.25, 0.3) is 6.43 Å². The topological polar surface area (TPSA) is 0 Å². The van der Waals surface area contributed by atoms with Crippen LogP contribution in [0.15, 0.2) is 18.2 Å². The van der Waals surface area contributed by atoms with Crippen LogP contribution in [0.5, 0.6) is 0 Å². The van der Waals surface area contributed by atoms with Crippen LogP contribution in [0, 0.1) is 11.6 Å². The van der Waals surface area contributed by atoms with Gasteiger partial charge in [-0.05, 0) is 6.07 Å². The van der Waals surface area contributed by atoms with Gasteiger partial charge >= 0.3 is 6.08 Å². The molecule has 0 heterocycles. The molecule has 100 valence electrons. The maximum absolute atomic E-state index is 13.1. The van der Waals surface area contributed by atoms with Crippen LogP contribution in [0.3, 0.4) is 0 Å². The molecular weight excluding hydrogens is 272 g/mol. The summed E-state index contributed by atoms with van der Waals surface area (Å²) in [4.78, 5) is 0. The molecule has 1 aromatic rings. The highest BCUT2D eigenvalue weighted by Gasteiger charge is 2.30. The molecule has 0 saturated heterocycles. The van der Waals surface area contributed by atoms with E-state index in [1.54, 1.807) is 0 Å². The summed E-state index contributed by atoms with van der Waals surface area (Å²) in [5, 5.41) is 0. The molecule has 0 aliphatic carbocycles. The van der Waals surface area contributed by atoms with Gasteiger partial charge in [-0.3, -0.25) is 0 Å². The molecule has 0 N–H and O–H groups in total. The first-order valence-corrected chi connectivity index (χ1v) is 4.38. The van der Waals surface area contributed by atoms with Crippen molar-refractivity contribution >= 4 is 5.83 Å². The monoisotopic (exact) mass is 276 g/mol. The molecule has 0 aromatic heterocycles. The van der Waals surface area contributed by atoms with Crippen molar-refractivity contribution in [1.29, 1.82) is 0 Å². The van der Waals surface area contributed by atoms with E-state index in [1.165, 1.54) is 0 Å². The van der Waals surface area contributed by atoms with Crippen LogP contribution in [-0.2, 0) is 0 Å². The SMILES string of the molecule is FC(F)=C(F)c1cc(F)cc(F)c1C(F)C(F)F. The third kappa shape index (κ3) is 2.80. The molecule has 1 atom stereocenters. The van der Waals surface area contributed by atoms with Gasteiger partial charge in [-0.15, -0.1) is 0 Å². The van der Waals surface area contributed by atoms with E-state index in [0.717, 1.165) is 0 Å². The van der Waals surface area contributed by atoms with E-state index in [4.69, 9.17) is 0 Å². The minimum absolute atomic E-state index is 0.00277. The molecule has 0 fully saturated rings. The van der Waals surface area contributed by atoms with Gasteiger partial charge in [0.15, 0.2) is 12.0 Å². The van der Waals surface area contributed by atoms with Crippen molar-refractivity contribution in [3.63, 3.8) is 0 Å². The average Bonchev–Trinajstić information content (AvgIpc) is 2.25. The lowest BCUT2D eigenvalue weighted by atomic mass is 10.0. The summed E-state index contributed by atoms with van der Waals surface area (Å²) in [5.41, 5.74) is -3.21. The van der Waals surface area contributed by atoms with Crippen LogP contribution in [0.4, 0.5) is 35.1 Å². The molecule has 0 aliphatic rings. The first-order chi connectivity index (χ1) is 8.25.